The van der Waals surface area contributed by atoms with Gasteiger partial charge in [-0.2, -0.15) is 0 Å². The van der Waals surface area contributed by atoms with Crippen LogP contribution in [-0.4, -0.2) is 20.4 Å². The zero-order chi connectivity index (χ0) is 16.4. The summed E-state index contributed by atoms with van der Waals surface area (Å²) in [4.78, 5) is 9.21. The highest BCUT2D eigenvalue weighted by atomic mass is 35.5. The second kappa shape index (κ2) is 6.48. The molecule has 1 unspecified atom stereocenters. The average molecular weight is 344 g/mol. The van der Waals surface area contributed by atoms with Crippen molar-refractivity contribution in [3.63, 3.8) is 0 Å². The molecule has 1 aromatic heterocycles. The summed E-state index contributed by atoms with van der Waals surface area (Å²) in [7, 11) is -1.02. The number of nitrogen functional groups attached to an aromatic ring is 1. The number of halogens is 1. The van der Waals surface area contributed by atoms with Gasteiger partial charge in [0, 0.05) is 49.9 Å². The lowest BCUT2D eigenvalue weighted by molar-refractivity contribution is 0.687. The zero-order valence-corrected chi connectivity index (χ0v) is 13.9. The highest BCUT2D eigenvalue weighted by molar-refractivity contribution is 7.84. The molecule has 116 valence electrons. The largest absolute Gasteiger partial charge is 0.368 e. The molecule has 1 heterocycles. The topological polar surface area (TPSA) is 68.9 Å². The summed E-state index contributed by atoms with van der Waals surface area (Å²) in [6, 6.07) is 14.9. The van der Waals surface area contributed by atoms with Gasteiger partial charge in [0.25, 0.3) is 0 Å². The second-order valence-electron chi connectivity index (χ2n) is 4.95. The highest BCUT2D eigenvalue weighted by Crippen LogP contribution is 2.34. The Balaban J connectivity index is 2.17. The third kappa shape index (κ3) is 3.25. The van der Waals surface area contributed by atoms with Crippen molar-refractivity contribution in [2.45, 2.75) is 4.90 Å². The first-order valence-electron chi connectivity index (χ1n) is 6.87. The first-order chi connectivity index (χ1) is 11.1. The molecular weight excluding hydrogens is 330 g/mol. The van der Waals surface area contributed by atoms with E-state index in [-0.39, 0.29) is 5.95 Å². The molecule has 23 heavy (non-hydrogen) atoms. The molecular formula is C17H14ClN3OS. The van der Waals surface area contributed by atoms with E-state index >= 15 is 0 Å². The van der Waals surface area contributed by atoms with Crippen molar-refractivity contribution in [1.29, 1.82) is 0 Å². The molecule has 0 saturated heterocycles. The van der Waals surface area contributed by atoms with Gasteiger partial charge in [-0.05, 0) is 18.2 Å². The molecule has 3 rings (SSSR count). The van der Waals surface area contributed by atoms with E-state index < -0.39 is 10.8 Å². The molecule has 1 atom stereocenters. The Bertz CT molecular complexity index is 881. The van der Waals surface area contributed by atoms with Crippen molar-refractivity contribution < 1.29 is 4.21 Å². The summed E-state index contributed by atoms with van der Waals surface area (Å²) in [5.41, 5.74) is 8.95. The van der Waals surface area contributed by atoms with Crippen LogP contribution in [-0.2, 0) is 10.8 Å². The van der Waals surface area contributed by atoms with E-state index in [1.54, 1.807) is 12.5 Å². The smallest absolute Gasteiger partial charge is 0.220 e. The fourth-order valence-corrected chi connectivity index (χ4v) is 3.05. The monoisotopic (exact) mass is 343 g/mol. The number of nitrogens with zero attached hydrogens (tertiary/aromatic N) is 2. The normalized spacial score (nSPS) is 12.1. The molecule has 4 nitrogen and oxygen atoms in total. The van der Waals surface area contributed by atoms with Gasteiger partial charge in [0.05, 0.1) is 5.69 Å². The molecule has 0 aliphatic rings. The molecule has 0 saturated carbocycles. The van der Waals surface area contributed by atoms with Gasteiger partial charge in [-0.15, -0.1) is 0 Å². The quantitative estimate of drug-likeness (QED) is 0.785. The van der Waals surface area contributed by atoms with Crippen molar-refractivity contribution in [1.82, 2.24) is 9.97 Å². The van der Waals surface area contributed by atoms with Crippen LogP contribution in [0.25, 0.3) is 22.4 Å². The third-order valence-corrected chi connectivity index (χ3v) is 4.70. The van der Waals surface area contributed by atoms with Gasteiger partial charge in [-0.1, -0.05) is 41.9 Å². The van der Waals surface area contributed by atoms with Crippen molar-refractivity contribution >= 4 is 28.3 Å². The summed E-state index contributed by atoms with van der Waals surface area (Å²) in [6.07, 6.45) is 3.32. The Kier molecular flexibility index (Phi) is 4.41. The molecule has 0 bridgehead atoms. The number of rotatable bonds is 3. The molecule has 2 N–H and O–H groups in total. The maximum atomic E-state index is 11.5. The van der Waals surface area contributed by atoms with E-state index in [4.69, 9.17) is 17.3 Å². The third-order valence-electron chi connectivity index (χ3n) is 3.43. The number of hydrogen-bond donors (Lipinski definition) is 1. The number of anilines is 1. The van der Waals surface area contributed by atoms with E-state index in [0.29, 0.717) is 10.7 Å². The van der Waals surface area contributed by atoms with Crippen LogP contribution in [0.1, 0.15) is 0 Å². The molecule has 3 aromatic rings. The first kappa shape index (κ1) is 15.6. The minimum Gasteiger partial charge on any atom is -0.368 e. The molecule has 0 spiro atoms. The fraction of sp³-hybridized carbons (Fsp3) is 0.0588. The van der Waals surface area contributed by atoms with E-state index in [1.165, 1.54) is 0 Å². The van der Waals surface area contributed by atoms with Gasteiger partial charge in [0.1, 0.15) is 0 Å². The van der Waals surface area contributed by atoms with Gasteiger partial charge in [0.15, 0.2) is 0 Å². The van der Waals surface area contributed by atoms with Gasteiger partial charge < -0.3 is 5.73 Å². The summed E-state index contributed by atoms with van der Waals surface area (Å²) in [6.45, 7) is 0. The molecule has 0 amide bonds. The number of nitrogens with two attached hydrogens (primary N) is 1. The molecule has 6 heteroatoms. The molecule has 0 aliphatic heterocycles. The van der Waals surface area contributed by atoms with Crippen molar-refractivity contribution in [2.75, 3.05) is 12.0 Å². The standard InChI is InChI=1S/C17H14ClN3OS/c1-23(22)12-8-6-11(7-9-12)16-14(10-20-17(19)21-16)13-4-2-3-5-15(13)18/h2-10H,1H3,(H2,19,20,21). The Morgan fingerprint density at radius 2 is 1.74 bits per heavy atom. The Morgan fingerprint density at radius 3 is 2.39 bits per heavy atom. The van der Waals surface area contributed by atoms with Gasteiger partial charge in [-0.25, -0.2) is 9.97 Å². The Labute approximate surface area is 141 Å². The van der Waals surface area contributed by atoms with Crippen LogP contribution < -0.4 is 5.73 Å². The molecule has 0 radical (unpaired) electrons. The van der Waals surface area contributed by atoms with Crippen LogP contribution in [0.3, 0.4) is 0 Å². The van der Waals surface area contributed by atoms with Crippen LogP contribution in [0.4, 0.5) is 5.95 Å². The van der Waals surface area contributed by atoms with Crippen LogP contribution >= 0.6 is 11.6 Å². The van der Waals surface area contributed by atoms with Crippen LogP contribution in [0.15, 0.2) is 59.6 Å². The number of hydrogen-bond acceptors (Lipinski definition) is 4. The maximum absolute atomic E-state index is 11.5. The fourth-order valence-electron chi connectivity index (χ4n) is 2.30. The minimum absolute atomic E-state index is 0.193. The van der Waals surface area contributed by atoms with Crippen molar-refractivity contribution in [3.05, 3.63) is 59.8 Å². The minimum atomic E-state index is -1.02. The number of aromatic nitrogens is 2. The predicted molar refractivity (Wildman–Crippen MR) is 94.7 cm³/mol. The molecule has 0 aliphatic carbocycles. The lowest BCUT2D eigenvalue weighted by atomic mass is 10.0. The summed E-state index contributed by atoms with van der Waals surface area (Å²) < 4.78 is 11.5. The Morgan fingerprint density at radius 1 is 1.04 bits per heavy atom. The van der Waals surface area contributed by atoms with E-state index in [0.717, 1.165) is 21.6 Å². The van der Waals surface area contributed by atoms with Crippen LogP contribution in [0.5, 0.6) is 0 Å². The molecule has 0 fully saturated rings. The van der Waals surface area contributed by atoms with Gasteiger partial charge in [0.2, 0.25) is 5.95 Å². The second-order valence-corrected chi connectivity index (χ2v) is 6.74. The van der Waals surface area contributed by atoms with E-state index in [1.807, 2.05) is 48.5 Å². The number of benzene rings is 2. The summed E-state index contributed by atoms with van der Waals surface area (Å²) >= 11 is 6.30. The van der Waals surface area contributed by atoms with Crippen LogP contribution in [0.2, 0.25) is 5.02 Å². The van der Waals surface area contributed by atoms with E-state index in [2.05, 4.69) is 9.97 Å². The zero-order valence-electron chi connectivity index (χ0n) is 12.4. The van der Waals surface area contributed by atoms with Crippen LogP contribution in [0, 0.1) is 0 Å². The SMILES string of the molecule is CS(=O)c1ccc(-c2nc(N)ncc2-c2ccccc2Cl)cc1. The Hall–Kier alpha value is -2.24. The average Bonchev–Trinajstić information content (AvgIpc) is 2.56. The first-order valence-corrected chi connectivity index (χ1v) is 8.81. The summed E-state index contributed by atoms with van der Waals surface area (Å²) in [5, 5.41) is 0.619. The lowest BCUT2D eigenvalue weighted by Gasteiger charge is -2.11. The predicted octanol–water partition coefficient (Wildman–Crippen LogP) is 3.78. The van der Waals surface area contributed by atoms with Gasteiger partial charge in [-0.3, -0.25) is 4.21 Å². The summed E-state index contributed by atoms with van der Waals surface area (Å²) in [5.74, 6) is 0.193. The molecule has 2 aromatic carbocycles. The van der Waals surface area contributed by atoms with Crippen molar-refractivity contribution in [2.24, 2.45) is 0 Å². The maximum Gasteiger partial charge on any atom is 0.220 e. The lowest BCUT2D eigenvalue weighted by Crippen LogP contribution is -1.99. The van der Waals surface area contributed by atoms with Crippen molar-refractivity contribution in [3.8, 4) is 22.4 Å². The van der Waals surface area contributed by atoms with Gasteiger partial charge >= 0.3 is 0 Å². The highest BCUT2D eigenvalue weighted by Gasteiger charge is 2.13. The van der Waals surface area contributed by atoms with E-state index in [9.17, 15) is 4.21 Å².